The van der Waals surface area contributed by atoms with Gasteiger partial charge in [0.2, 0.25) is 0 Å². The largest absolute Gasteiger partial charge is 0.490 e. The molecule has 1 aliphatic heterocycles. The van der Waals surface area contributed by atoms with Crippen molar-refractivity contribution in [3.63, 3.8) is 0 Å². The number of hydrazone groups is 1. The fraction of sp³-hybridized carbons (Fsp3) is 0.381. The van der Waals surface area contributed by atoms with Crippen LogP contribution in [0.2, 0.25) is 0 Å². The summed E-state index contributed by atoms with van der Waals surface area (Å²) in [7, 11) is 0. The van der Waals surface area contributed by atoms with Crippen molar-refractivity contribution in [2.45, 2.75) is 13.3 Å². The van der Waals surface area contributed by atoms with E-state index >= 15 is 0 Å². The van der Waals surface area contributed by atoms with Crippen molar-refractivity contribution in [1.82, 2.24) is 5.01 Å². The Morgan fingerprint density at radius 2 is 1.89 bits per heavy atom. The summed E-state index contributed by atoms with van der Waals surface area (Å²) >= 11 is 2.17. The van der Waals surface area contributed by atoms with Gasteiger partial charge in [-0.2, -0.15) is 10.1 Å². The quantitative estimate of drug-likeness (QED) is 0.253. The molecule has 1 saturated carbocycles. The van der Waals surface area contributed by atoms with Crippen LogP contribution in [0.25, 0.3) is 0 Å². The van der Waals surface area contributed by atoms with Gasteiger partial charge in [-0.15, -0.1) is 0 Å². The summed E-state index contributed by atoms with van der Waals surface area (Å²) in [6.07, 6.45) is 8.26. The summed E-state index contributed by atoms with van der Waals surface area (Å²) < 4.78 is 12.2. The molecule has 1 aromatic carbocycles. The molecule has 7 heteroatoms. The molecule has 2 fully saturated rings. The van der Waals surface area contributed by atoms with Gasteiger partial charge in [-0.25, -0.2) is 0 Å². The molecule has 0 spiro atoms. The van der Waals surface area contributed by atoms with Gasteiger partial charge in [-0.1, -0.05) is 24.8 Å². The number of nitrogens with zero attached hydrogens (tertiary/aromatic N) is 2. The normalized spacial score (nSPS) is 27.7. The second-order valence-corrected chi connectivity index (χ2v) is 8.26. The van der Waals surface area contributed by atoms with E-state index in [0.717, 1.165) is 20.6 Å². The van der Waals surface area contributed by atoms with Crippen LogP contribution < -0.4 is 9.47 Å². The molecule has 1 heterocycles. The lowest BCUT2D eigenvalue weighted by Gasteiger charge is -2.14. The number of hydrogen-bond donors (Lipinski definition) is 0. The van der Waals surface area contributed by atoms with Gasteiger partial charge in [0.25, 0.3) is 11.8 Å². The van der Waals surface area contributed by atoms with Gasteiger partial charge in [0.1, 0.15) is 6.61 Å². The Kier molecular flexibility index (Phi) is 5.27. The molecule has 1 aromatic rings. The minimum absolute atomic E-state index is 0.179. The molecule has 146 valence electrons. The number of amides is 2. The third-order valence-corrected chi connectivity index (χ3v) is 6.25. The Labute approximate surface area is 177 Å². The Bertz CT molecular complexity index is 865. The molecule has 2 aliphatic carbocycles. The van der Waals surface area contributed by atoms with E-state index in [1.54, 1.807) is 12.1 Å². The average molecular weight is 492 g/mol. The van der Waals surface area contributed by atoms with E-state index in [0.29, 0.717) is 24.7 Å². The SMILES string of the molecule is C=CCOc1c(I)cc(C=NN2C(=O)[C@@H]3[C@H](C2=O)[C@H]2C=C[C@H]3C2)cc1OCC. The van der Waals surface area contributed by atoms with Crippen LogP contribution in [-0.4, -0.2) is 36.3 Å². The third-order valence-electron chi connectivity index (χ3n) is 5.45. The number of imide groups is 1. The van der Waals surface area contributed by atoms with E-state index in [9.17, 15) is 9.59 Å². The number of hydrogen-bond acceptors (Lipinski definition) is 5. The maximum Gasteiger partial charge on any atom is 0.254 e. The van der Waals surface area contributed by atoms with Crippen LogP contribution in [0.4, 0.5) is 0 Å². The fourth-order valence-corrected chi connectivity index (χ4v) is 5.11. The molecule has 0 radical (unpaired) electrons. The third kappa shape index (κ3) is 3.15. The predicted octanol–water partition coefficient (Wildman–Crippen LogP) is 3.40. The van der Waals surface area contributed by atoms with Crippen molar-refractivity contribution in [1.29, 1.82) is 0 Å². The van der Waals surface area contributed by atoms with Crippen molar-refractivity contribution in [3.8, 4) is 11.5 Å². The first-order valence-corrected chi connectivity index (χ1v) is 10.4. The molecule has 28 heavy (non-hydrogen) atoms. The van der Waals surface area contributed by atoms with Crippen molar-refractivity contribution >= 4 is 40.6 Å². The van der Waals surface area contributed by atoms with Gasteiger partial charge in [0.15, 0.2) is 11.5 Å². The highest BCUT2D eigenvalue weighted by atomic mass is 127. The maximum absolute atomic E-state index is 12.7. The molecule has 4 atom stereocenters. The maximum atomic E-state index is 12.7. The summed E-state index contributed by atoms with van der Waals surface area (Å²) in [6, 6.07) is 3.67. The van der Waals surface area contributed by atoms with Gasteiger partial charge in [0.05, 0.1) is 28.2 Å². The molecule has 2 amide bonds. The van der Waals surface area contributed by atoms with Crippen LogP contribution in [0, 0.1) is 27.2 Å². The topological polar surface area (TPSA) is 68.2 Å². The van der Waals surface area contributed by atoms with Gasteiger partial charge >= 0.3 is 0 Å². The standard InChI is InChI=1S/C21H21IN2O4/c1-3-7-28-19-15(22)8-12(9-16(19)27-4-2)11-23-24-20(25)17-13-5-6-14(10-13)18(17)21(24)26/h3,5-6,8-9,11,13-14,17-18H,1,4,7,10H2,2H3/t13-,14-,17-,18+/m0/s1. The van der Waals surface area contributed by atoms with Crippen LogP contribution in [0.1, 0.15) is 18.9 Å². The smallest absolute Gasteiger partial charge is 0.254 e. The zero-order chi connectivity index (χ0) is 19.8. The Morgan fingerprint density at radius 1 is 1.21 bits per heavy atom. The van der Waals surface area contributed by atoms with Crippen molar-refractivity contribution in [3.05, 3.63) is 46.1 Å². The van der Waals surface area contributed by atoms with Crippen LogP contribution in [0.3, 0.4) is 0 Å². The van der Waals surface area contributed by atoms with Crippen LogP contribution >= 0.6 is 22.6 Å². The molecule has 3 aliphatic rings. The van der Waals surface area contributed by atoms with Gasteiger partial charge in [-0.05, 0) is 65.5 Å². The predicted molar refractivity (Wildman–Crippen MR) is 113 cm³/mol. The van der Waals surface area contributed by atoms with E-state index in [1.165, 1.54) is 6.21 Å². The zero-order valence-corrected chi connectivity index (χ0v) is 17.7. The number of ether oxygens (including phenoxy) is 2. The zero-order valence-electron chi connectivity index (χ0n) is 15.5. The van der Waals surface area contributed by atoms with Crippen molar-refractivity contribution in [2.75, 3.05) is 13.2 Å². The number of benzene rings is 1. The van der Waals surface area contributed by atoms with E-state index in [2.05, 4.69) is 46.4 Å². The number of allylic oxidation sites excluding steroid dienone is 2. The van der Waals surface area contributed by atoms with Crippen molar-refractivity contribution < 1.29 is 19.1 Å². The second kappa shape index (κ2) is 7.69. The lowest BCUT2D eigenvalue weighted by atomic mass is 9.85. The fourth-order valence-electron chi connectivity index (χ4n) is 4.33. The van der Waals surface area contributed by atoms with E-state index in [-0.39, 0.29) is 35.5 Å². The van der Waals surface area contributed by atoms with Crippen LogP contribution in [0.15, 0.2) is 42.0 Å². The first-order chi connectivity index (χ1) is 13.5. The van der Waals surface area contributed by atoms with E-state index in [1.807, 2.05) is 13.0 Å². The summed E-state index contributed by atoms with van der Waals surface area (Å²) in [5, 5.41) is 5.29. The number of carbonyl (C=O) groups is 2. The molecule has 1 saturated heterocycles. The average Bonchev–Trinajstić information content (AvgIpc) is 3.34. The lowest BCUT2D eigenvalue weighted by molar-refractivity contribution is -0.140. The van der Waals surface area contributed by atoms with E-state index in [4.69, 9.17) is 9.47 Å². The van der Waals surface area contributed by atoms with Gasteiger partial charge in [-0.3, -0.25) is 9.59 Å². The second-order valence-electron chi connectivity index (χ2n) is 7.10. The number of fused-ring (bicyclic) bond motifs is 5. The van der Waals surface area contributed by atoms with Crippen LogP contribution in [-0.2, 0) is 9.59 Å². The highest BCUT2D eigenvalue weighted by molar-refractivity contribution is 14.1. The molecular weight excluding hydrogens is 471 g/mol. The monoisotopic (exact) mass is 492 g/mol. The first-order valence-electron chi connectivity index (χ1n) is 9.35. The molecular formula is C21H21IN2O4. The lowest BCUT2D eigenvalue weighted by Crippen LogP contribution is -2.28. The number of carbonyl (C=O) groups excluding carboxylic acids is 2. The molecule has 2 bridgehead atoms. The van der Waals surface area contributed by atoms with E-state index < -0.39 is 0 Å². The van der Waals surface area contributed by atoms with Gasteiger partial charge in [0, 0.05) is 0 Å². The summed E-state index contributed by atoms with van der Waals surface area (Å²) in [6.45, 7) is 6.42. The van der Waals surface area contributed by atoms with Crippen molar-refractivity contribution in [2.24, 2.45) is 28.8 Å². The van der Waals surface area contributed by atoms with Crippen LogP contribution in [0.5, 0.6) is 11.5 Å². The highest BCUT2D eigenvalue weighted by Gasteiger charge is 2.59. The summed E-state index contributed by atoms with van der Waals surface area (Å²) in [5.74, 6) is 0.738. The Balaban J connectivity index is 1.57. The highest BCUT2D eigenvalue weighted by Crippen LogP contribution is 2.52. The molecule has 4 rings (SSSR count). The number of halogens is 1. The summed E-state index contributed by atoms with van der Waals surface area (Å²) in [4.78, 5) is 25.4. The Hall–Kier alpha value is -2.16. The van der Waals surface area contributed by atoms with Gasteiger partial charge < -0.3 is 9.47 Å². The molecule has 6 nitrogen and oxygen atoms in total. The molecule has 0 aromatic heterocycles. The minimum atomic E-state index is -0.242. The minimum Gasteiger partial charge on any atom is -0.490 e. The Morgan fingerprint density at radius 3 is 2.50 bits per heavy atom. The number of rotatable bonds is 7. The molecule has 0 N–H and O–H groups in total. The summed E-state index contributed by atoms with van der Waals surface area (Å²) in [5.41, 5.74) is 0.734. The molecule has 0 unspecified atom stereocenters. The first kappa shape index (κ1) is 19.2.